The zero-order valence-electron chi connectivity index (χ0n) is 15.4. The van der Waals surface area contributed by atoms with E-state index in [1.54, 1.807) is 12.1 Å². The standard InChI is InChI=1S/C17H18N6O6S/c18-17-20-14-11(15(30)21-17)19-7-22(14)16-13(25)12(24)10(29-16)6-28-5-8-1-3-9(4-2-8)23(26)27/h1-4,7,10,12-13,16,24-25H,5-6H2,(H3,18,20,21,30)/t10-,12-,13-,16-/m1/s1. The topological polar surface area (TPSA) is 175 Å². The van der Waals surface area contributed by atoms with Gasteiger partial charge >= 0.3 is 0 Å². The molecule has 1 aromatic carbocycles. The van der Waals surface area contributed by atoms with E-state index in [0.717, 1.165) is 5.56 Å². The molecule has 3 aromatic rings. The minimum atomic E-state index is -1.24. The molecule has 0 bridgehead atoms. The van der Waals surface area contributed by atoms with Crippen molar-refractivity contribution < 1.29 is 24.6 Å². The normalized spacial score (nSPS) is 23.8. The molecule has 158 valence electrons. The Kier molecular flexibility index (Phi) is 5.44. The quantitative estimate of drug-likeness (QED) is 0.247. The third-order valence-electron chi connectivity index (χ3n) is 4.77. The van der Waals surface area contributed by atoms with E-state index in [0.29, 0.717) is 11.2 Å². The molecule has 0 aliphatic carbocycles. The van der Waals surface area contributed by atoms with Crippen LogP contribution in [-0.2, 0) is 16.1 Å². The Balaban J connectivity index is 1.43. The van der Waals surface area contributed by atoms with Crippen molar-refractivity contribution in [2.45, 2.75) is 31.1 Å². The Labute approximate surface area is 174 Å². The van der Waals surface area contributed by atoms with Crippen LogP contribution in [0.2, 0.25) is 0 Å². The highest BCUT2D eigenvalue weighted by Gasteiger charge is 2.44. The fourth-order valence-corrected chi connectivity index (χ4v) is 3.50. The number of nitrogens with one attached hydrogen (secondary N) is 1. The molecule has 1 saturated heterocycles. The Hall–Kier alpha value is -2.97. The monoisotopic (exact) mass is 434 g/mol. The average Bonchev–Trinajstić information content (AvgIpc) is 3.24. The number of rotatable bonds is 6. The number of nitrogens with zero attached hydrogens (tertiary/aromatic N) is 4. The number of fused-ring (bicyclic) bond motifs is 1. The molecule has 0 amide bonds. The van der Waals surface area contributed by atoms with E-state index in [1.807, 2.05) is 0 Å². The van der Waals surface area contributed by atoms with Crippen LogP contribution in [0.3, 0.4) is 0 Å². The van der Waals surface area contributed by atoms with Gasteiger partial charge in [-0.15, -0.1) is 0 Å². The molecule has 30 heavy (non-hydrogen) atoms. The number of aromatic amines is 1. The second-order valence-corrected chi connectivity index (χ2v) is 7.15. The van der Waals surface area contributed by atoms with Crippen molar-refractivity contribution >= 4 is 35.0 Å². The Morgan fingerprint density at radius 2 is 2.07 bits per heavy atom. The Bertz CT molecular complexity index is 1130. The molecule has 12 nitrogen and oxygen atoms in total. The molecule has 4 rings (SSSR count). The van der Waals surface area contributed by atoms with E-state index in [9.17, 15) is 20.3 Å². The zero-order chi connectivity index (χ0) is 21.4. The minimum absolute atomic E-state index is 0.00194. The molecule has 0 saturated carbocycles. The molecule has 0 spiro atoms. The first kappa shape index (κ1) is 20.3. The van der Waals surface area contributed by atoms with E-state index in [2.05, 4.69) is 15.0 Å². The molecule has 0 radical (unpaired) electrons. The smallest absolute Gasteiger partial charge is 0.269 e. The van der Waals surface area contributed by atoms with Crippen molar-refractivity contribution in [3.8, 4) is 0 Å². The average molecular weight is 434 g/mol. The molecule has 0 unspecified atom stereocenters. The van der Waals surface area contributed by atoms with Crippen molar-refractivity contribution in [3.63, 3.8) is 0 Å². The molecule has 1 aliphatic rings. The van der Waals surface area contributed by atoms with Gasteiger partial charge in [-0.25, -0.2) is 9.97 Å². The Morgan fingerprint density at radius 1 is 1.33 bits per heavy atom. The summed E-state index contributed by atoms with van der Waals surface area (Å²) in [5.74, 6) is 0.0882. The third kappa shape index (κ3) is 3.76. The van der Waals surface area contributed by atoms with Crippen LogP contribution in [0.25, 0.3) is 11.2 Å². The number of aliphatic hydroxyl groups excluding tert-OH is 2. The number of aliphatic hydroxyl groups is 2. The lowest BCUT2D eigenvalue weighted by atomic mass is 10.1. The summed E-state index contributed by atoms with van der Waals surface area (Å²) < 4.78 is 13.1. The minimum Gasteiger partial charge on any atom is -0.387 e. The molecular formula is C17H18N6O6S. The van der Waals surface area contributed by atoms with Gasteiger partial charge in [-0.3, -0.25) is 14.7 Å². The maximum absolute atomic E-state index is 10.7. The van der Waals surface area contributed by atoms with E-state index in [-0.39, 0.29) is 29.5 Å². The number of aromatic nitrogens is 4. The van der Waals surface area contributed by atoms with Gasteiger partial charge in [-0.2, -0.15) is 0 Å². The largest absolute Gasteiger partial charge is 0.387 e. The van der Waals surface area contributed by atoms with Crippen LogP contribution in [0, 0.1) is 14.8 Å². The third-order valence-corrected chi connectivity index (χ3v) is 5.06. The first-order chi connectivity index (χ1) is 14.3. The number of H-pyrrole nitrogens is 1. The van der Waals surface area contributed by atoms with Gasteiger partial charge in [-0.05, 0) is 17.7 Å². The van der Waals surface area contributed by atoms with Gasteiger partial charge in [0.25, 0.3) is 5.69 Å². The fraction of sp³-hybridized carbons (Fsp3) is 0.353. The lowest BCUT2D eigenvalue weighted by Crippen LogP contribution is -2.33. The molecule has 13 heteroatoms. The first-order valence-electron chi connectivity index (χ1n) is 8.90. The lowest BCUT2D eigenvalue weighted by Gasteiger charge is -2.17. The van der Waals surface area contributed by atoms with Gasteiger partial charge in [0.05, 0.1) is 24.5 Å². The summed E-state index contributed by atoms with van der Waals surface area (Å²) in [5.41, 5.74) is 7.22. The summed E-state index contributed by atoms with van der Waals surface area (Å²) in [6.07, 6.45) is -2.77. The van der Waals surface area contributed by atoms with E-state index >= 15 is 0 Å². The fourth-order valence-electron chi connectivity index (χ4n) is 3.25. The van der Waals surface area contributed by atoms with Crippen molar-refractivity contribution in [1.82, 2.24) is 19.5 Å². The number of imidazole rings is 1. The molecule has 5 N–H and O–H groups in total. The van der Waals surface area contributed by atoms with Gasteiger partial charge < -0.3 is 30.4 Å². The van der Waals surface area contributed by atoms with Gasteiger partial charge in [0.15, 0.2) is 16.8 Å². The van der Waals surface area contributed by atoms with Gasteiger partial charge in [-0.1, -0.05) is 12.2 Å². The van der Waals surface area contributed by atoms with Crippen molar-refractivity contribution in [2.75, 3.05) is 12.3 Å². The molecular weight excluding hydrogens is 416 g/mol. The maximum Gasteiger partial charge on any atom is 0.269 e. The van der Waals surface area contributed by atoms with E-state index in [1.165, 1.54) is 23.0 Å². The maximum atomic E-state index is 10.7. The van der Waals surface area contributed by atoms with Crippen molar-refractivity contribution in [2.24, 2.45) is 0 Å². The number of ether oxygens (including phenoxy) is 2. The lowest BCUT2D eigenvalue weighted by molar-refractivity contribution is -0.384. The number of nitrogens with two attached hydrogens (primary N) is 1. The van der Waals surface area contributed by atoms with Crippen LogP contribution in [0.5, 0.6) is 0 Å². The highest BCUT2D eigenvalue weighted by atomic mass is 32.1. The van der Waals surface area contributed by atoms with E-state index < -0.39 is 29.5 Å². The number of hydrogen-bond acceptors (Lipinski definition) is 10. The molecule has 4 atom stereocenters. The molecule has 3 heterocycles. The second kappa shape index (κ2) is 8.04. The van der Waals surface area contributed by atoms with Gasteiger partial charge in [0, 0.05) is 12.1 Å². The Morgan fingerprint density at radius 3 is 2.77 bits per heavy atom. The second-order valence-electron chi connectivity index (χ2n) is 6.76. The highest BCUT2D eigenvalue weighted by molar-refractivity contribution is 7.71. The van der Waals surface area contributed by atoms with Crippen LogP contribution in [0.1, 0.15) is 11.8 Å². The SMILES string of the molecule is Nc1nc(=S)c2ncn([C@@H]3O[C@H](COCc4ccc([N+](=O)[O-])cc4)[C@@H](O)[C@H]3O)c2[nH]1. The van der Waals surface area contributed by atoms with Gasteiger partial charge in [0.2, 0.25) is 0 Å². The van der Waals surface area contributed by atoms with Gasteiger partial charge in [0.1, 0.15) is 29.5 Å². The van der Waals surface area contributed by atoms with Crippen LogP contribution < -0.4 is 5.73 Å². The number of non-ortho nitro benzene ring substituents is 1. The highest BCUT2D eigenvalue weighted by Crippen LogP contribution is 2.32. The predicted octanol–water partition coefficient (Wildman–Crippen LogP) is 0.815. The first-order valence-corrected chi connectivity index (χ1v) is 9.31. The van der Waals surface area contributed by atoms with Crippen LogP contribution in [0.15, 0.2) is 30.6 Å². The number of anilines is 1. The number of benzene rings is 1. The number of nitro benzene ring substituents is 1. The number of nitro groups is 1. The van der Waals surface area contributed by atoms with Crippen LogP contribution >= 0.6 is 12.2 Å². The summed E-state index contributed by atoms with van der Waals surface area (Å²) in [7, 11) is 0. The summed E-state index contributed by atoms with van der Waals surface area (Å²) in [6.45, 7) is 0.159. The molecule has 2 aromatic heterocycles. The summed E-state index contributed by atoms with van der Waals surface area (Å²) in [4.78, 5) is 21.1. The van der Waals surface area contributed by atoms with E-state index in [4.69, 9.17) is 27.4 Å². The number of nitrogen functional groups attached to an aromatic ring is 1. The summed E-state index contributed by atoms with van der Waals surface area (Å²) >= 11 is 5.13. The van der Waals surface area contributed by atoms with Crippen molar-refractivity contribution in [1.29, 1.82) is 0 Å². The van der Waals surface area contributed by atoms with Crippen LogP contribution in [0.4, 0.5) is 11.6 Å². The summed E-state index contributed by atoms with van der Waals surface area (Å²) in [5, 5.41) is 31.5. The molecule has 1 fully saturated rings. The predicted molar refractivity (Wildman–Crippen MR) is 106 cm³/mol. The summed E-state index contributed by atoms with van der Waals surface area (Å²) in [6, 6.07) is 5.93. The van der Waals surface area contributed by atoms with Crippen LogP contribution in [-0.4, -0.2) is 59.6 Å². The van der Waals surface area contributed by atoms with Crippen molar-refractivity contribution in [3.05, 3.63) is 50.9 Å². The number of hydrogen-bond donors (Lipinski definition) is 4. The zero-order valence-corrected chi connectivity index (χ0v) is 16.2. The molecule has 1 aliphatic heterocycles.